The highest BCUT2D eigenvalue weighted by Crippen LogP contribution is 2.37. The molecule has 0 aromatic heterocycles. The monoisotopic (exact) mass is 366 g/mol. The lowest BCUT2D eigenvalue weighted by molar-refractivity contribution is -0.387. The van der Waals surface area contributed by atoms with Crippen molar-refractivity contribution >= 4 is 33.4 Å². The second-order valence-corrected chi connectivity index (χ2v) is 6.36. The standard InChI is InChI=1S/C15H15BrN2O2S/c1-2-17-10-11-7-8-12(16)9-15(11)21-14-6-4-3-5-13(14)18(19)20/h3-9,17H,2,10H2,1H3. The van der Waals surface area contributed by atoms with E-state index in [0.29, 0.717) is 4.90 Å². The van der Waals surface area contributed by atoms with Crippen molar-refractivity contribution in [2.24, 2.45) is 0 Å². The van der Waals surface area contributed by atoms with E-state index in [1.54, 1.807) is 12.1 Å². The molecule has 0 aliphatic rings. The maximum atomic E-state index is 11.1. The van der Waals surface area contributed by atoms with Gasteiger partial charge in [0.1, 0.15) is 0 Å². The minimum Gasteiger partial charge on any atom is -0.313 e. The Morgan fingerprint density at radius 2 is 2.00 bits per heavy atom. The van der Waals surface area contributed by atoms with Crippen LogP contribution in [0.25, 0.3) is 0 Å². The molecule has 0 amide bonds. The van der Waals surface area contributed by atoms with Crippen LogP contribution in [0.3, 0.4) is 0 Å². The van der Waals surface area contributed by atoms with Crippen molar-refractivity contribution in [3.63, 3.8) is 0 Å². The van der Waals surface area contributed by atoms with Crippen LogP contribution < -0.4 is 5.32 Å². The number of nitro benzene ring substituents is 1. The van der Waals surface area contributed by atoms with E-state index in [0.717, 1.165) is 28.0 Å². The Labute approximate surface area is 136 Å². The van der Waals surface area contributed by atoms with Crippen LogP contribution in [-0.4, -0.2) is 11.5 Å². The molecule has 4 nitrogen and oxygen atoms in total. The van der Waals surface area contributed by atoms with Crippen molar-refractivity contribution in [1.82, 2.24) is 5.32 Å². The number of hydrogen-bond acceptors (Lipinski definition) is 4. The van der Waals surface area contributed by atoms with Gasteiger partial charge in [-0.05, 0) is 30.3 Å². The van der Waals surface area contributed by atoms with Crippen LogP contribution >= 0.6 is 27.7 Å². The molecule has 0 bridgehead atoms. The summed E-state index contributed by atoms with van der Waals surface area (Å²) in [6.45, 7) is 3.67. The number of halogens is 1. The van der Waals surface area contributed by atoms with Gasteiger partial charge >= 0.3 is 0 Å². The van der Waals surface area contributed by atoms with Crippen molar-refractivity contribution in [3.8, 4) is 0 Å². The van der Waals surface area contributed by atoms with Gasteiger partial charge in [0.2, 0.25) is 0 Å². The summed E-state index contributed by atoms with van der Waals surface area (Å²) < 4.78 is 0.962. The molecular weight excluding hydrogens is 352 g/mol. The molecule has 0 aliphatic carbocycles. The van der Waals surface area contributed by atoms with E-state index in [1.165, 1.54) is 17.8 Å². The molecule has 0 radical (unpaired) electrons. The Kier molecular flexibility index (Phi) is 5.78. The maximum absolute atomic E-state index is 11.1. The second kappa shape index (κ2) is 7.59. The molecule has 0 saturated carbocycles. The van der Waals surface area contributed by atoms with Crippen LogP contribution in [0.2, 0.25) is 0 Å². The van der Waals surface area contributed by atoms with E-state index < -0.39 is 0 Å². The number of nitrogens with one attached hydrogen (secondary N) is 1. The van der Waals surface area contributed by atoms with Gasteiger partial charge < -0.3 is 5.32 Å². The molecular formula is C15H15BrN2O2S. The molecule has 0 aliphatic heterocycles. The number of para-hydroxylation sites is 1. The molecule has 2 aromatic carbocycles. The minimum atomic E-state index is -0.343. The summed E-state index contributed by atoms with van der Waals surface area (Å²) in [5.41, 5.74) is 1.26. The molecule has 0 unspecified atom stereocenters. The molecule has 1 N–H and O–H groups in total. The highest BCUT2D eigenvalue weighted by molar-refractivity contribution is 9.10. The van der Waals surface area contributed by atoms with Gasteiger partial charge in [-0.3, -0.25) is 10.1 Å². The molecule has 2 aromatic rings. The smallest absolute Gasteiger partial charge is 0.283 e. The van der Waals surface area contributed by atoms with Gasteiger partial charge in [0.15, 0.2) is 0 Å². The first-order valence-corrected chi connectivity index (χ1v) is 8.13. The summed E-state index contributed by atoms with van der Waals surface area (Å²) in [4.78, 5) is 12.4. The van der Waals surface area contributed by atoms with Crippen molar-refractivity contribution in [2.75, 3.05) is 6.54 Å². The summed E-state index contributed by atoms with van der Waals surface area (Å²) in [5.74, 6) is 0. The first-order valence-electron chi connectivity index (χ1n) is 6.52. The lowest BCUT2D eigenvalue weighted by atomic mass is 10.2. The lowest BCUT2D eigenvalue weighted by Gasteiger charge is -2.10. The van der Waals surface area contributed by atoms with Gasteiger partial charge in [0.05, 0.1) is 9.82 Å². The van der Waals surface area contributed by atoms with Gasteiger partial charge in [-0.2, -0.15) is 0 Å². The van der Waals surface area contributed by atoms with Crippen LogP contribution in [0.5, 0.6) is 0 Å². The van der Waals surface area contributed by atoms with Crippen LogP contribution in [0.1, 0.15) is 12.5 Å². The maximum Gasteiger partial charge on any atom is 0.283 e. The quantitative estimate of drug-likeness (QED) is 0.598. The molecule has 0 saturated heterocycles. The number of rotatable bonds is 6. The fourth-order valence-electron chi connectivity index (χ4n) is 1.84. The van der Waals surface area contributed by atoms with Crippen molar-refractivity contribution in [2.45, 2.75) is 23.3 Å². The summed E-state index contributed by atoms with van der Waals surface area (Å²) >= 11 is 4.88. The van der Waals surface area contributed by atoms with Crippen molar-refractivity contribution in [1.29, 1.82) is 0 Å². The van der Waals surface area contributed by atoms with Gasteiger partial charge in [-0.25, -0.2) is 0 Å². The molecule has 2 rings (SSSR count). The first kappa shape index (κ1) is 16.0. The third-order valence-corrected chi connectivity index (χ3v) is 4.53. The zero-order valence-corrected chi connectivity index (χ0v) is 13.9. The van der Waals surface area contributed by atoms with Gasteiger partial charge in [0.25, 0.3) is 5.69 Å². The average molecular weight is 367 g/mol. The SMILES string of the molecule is CCNCc1ccc(Br)cc1Sc1ccccc1[N+](=O)[O-]. The second-order valence-electron chi connectivity index (χ2n) is 4.36. The van der Waals surface area contributed by atoms with E-state index in [2.05, 4.69) is 21.2 Å². The van der Waals surface area contributed by atoms with Crippen LogP contribution in [0, 0.1) is 10.1 Å². The summed E-state index contributed by atoms with van der Waals surface area (Å²) in [7, 11) is 0. The van der Waals surface area contributed by atoms with E-state index in [1.807, 2.05) is 31.2 Å². The summed E-state index contributed by atoms with van der Waals surface area (Å²) in [5, 5.41) is 14.4. The average Bonchev–Trinajstić information content (AvgIpc) is 2.47. The normalized spacial score (nSPS) is 10.6. The van der Waals surface area contributed by atoms with E-state index in [-0.39, 0.29) is 10.6 Å². The van der Waals surface area contributed by atoms with Gasteiger partial charge in [0, 0.05) is 22.0 Å². The third-order valence-electron chi connectivity index (χ3n) is 2.88. The predicted octanol–water partition coefficient (Wildman–Crippen LogP) is 4.62. The van der Waals surface area contributed by atoms with Crippen molar-refractivity contribution in [3.05, 3.63) is 62.6 Å². The Bertz CT molecular complexity index is 649. The predicted molar refractivity (Wildman–Crippen MR) is 88.7 cm³/mol. The fourth-order valence-corrected chi connectivity index (χ4v) is 3.44. The van der Waals surface area contributed by atoms with Gasteiger partial charge in [-0.1, -0.05) is 52.8 Å². The minimum absolute atomic E-state index is 0.136. The largest absolute Gasteiger partial charge is 0.313 e. The first-order chi connectivity index (χ1) is 10.1. The summed E-state index contributed by atoms with van der Waals surface area (Å²) in [6.07, 6.45) is 0. The van der Waals surface area contributed by atoms with Crippen LogP contribution in [-0.2, 0) is 6.54 Å². The Balaban J connectivity index is 2.34. The molecule has 21 heavy (non-hydrogen) atoms. The molecule has 110 valence electrons. The molecule has 0 spiro atoms. The molecule has 0 atom stereocenters. The van der Waals surface area contributed by atoms with E-state index in [4.69, 9.17) is 0 Å². The van der Waals surface area contributed by atoms with Crippen molar-refractivity contribution < 1.29 is 4.92 Å². The molecule has 0 heterocycles. The van der Waals surface area contributed by atoms with Crippen LogP contribution in [0.4, 0.5) is 5.69 Å². The fraction of sp³-hybridized carbons (Fsp3) is 0.200. The van der Waals surface area contributed by atoms with Gasteiger partial charge in [-0.15, -0.1) is 0 Å². The van der Waals surface area contributed by atoms with Crippen LogP contribution in [0.15, 0.2) is 56.7 Å². The Morgan fingerprint density at radius 1 is 1.24 bits per heavy atom. The highest BCUT2D eigenvalue weighted by Gasteiger charge is 2.15. The topological polar surface area (TPSA) is 55.2 Å². The number of nitro groups is 1. The molecule has 0 fully saturated rings. The number of benzene rings is 2. The Morgan fingerprint density at radius 3 is 2.71 bits per heavy atom. The number of hydrogen-bond donors (Lipinski definition) is 1. The van der Waals surface area contributed by atoms with E-state index in [9.17, 15) is 10.1 Å². The van der Waals surface area contributed by atoms with E-state index >= 15 is 0 Å². The highest BCUT2D eigenvalue weighted by atomic mass is 79.9. The number of nitrogens with zero attached hydrogens (tertiary/aromatic N) is 1. The Hall–Kier alpha value is -1.37. The zero-order chi connectivity index (χ0) is 15.2. The third kappa shape index (κ3) is 4.30. The summed E-state index contributed by atoms with van der Waals surface area (Å²) in [6, 6.07) is 12.8. The molecule has 6 heteroatoms. The lowest BCUT2D eigenvalue weighted by Crippen LogP contribution is -2.12. The zero-order valence-electron chi connectivity index (χ0n) is 11.5.